The molecule has 7 nitrogen and oxygen atoms in total. The molecule has 7 heteroatoms. The normalized spacial score (nSPS) is 13.7. The van der Waals surface area contributed by atoms with Gasteiger partial charge in [0.25, 0.3) is 5.56 Å². The van der Waals surface area contributed by atoms with Gasteiger partial charge in [0.05, 0.1) is 24.7 Å². The van der Waals surface area contributed by atoms with Crippen LogP contribution in [0.15, 0.2) is 83.7 Å². The van der Waals surface area contributed by atoms with Crippen LogP contribution < -0.4 is 15.2 Å². The van der Waals surface area contributed by atoms with Crippen LogP contribution in [-0.4, -0.2) is 53.6 Å². The summed E-state index contributed by atoms with van der Waals surface area (Å²) in [4.78, 5) is 35.1. The lowest BCUT2D eigenvalue weighted by molar-refractivity contribution is -0.131. The molecule has 0 radical (unpaired) electrons. The number of methoxy groups -OCH3 is 1. The van der Waals surface area contributed by atoms with E-state index < -0.39 is 0 Å². The molecule has 0 atom stereocenters. The fourth-order valence-corrected chi connectivity index (χ4v) is 4.68. The molecule has 1 aliphatic heterocycles. The maximum absolute atomic E-state index is 13.6. The summed E-state index contributed by atoms with van der Waals surface area (Å²) in [5.74, 6) is 1.40. The number of piperazine rings is 1. The van der Waals surface area contributed by atoms with Crippen molar-refractivity contribution in [2.75, 3.05) is 38.2 Å². The van der Waals surface area contributed by atoms with Crippen molar-refractivity contribution >= 4 is 22.8 Å². The third kappa shape index (κ3) is 5.10. The molecule has 0 N–H and O–H groups in total. The van der Waals surface area contributed by atoms with Crippen molar-refractivity contribution in [3.8, 4) is 5.75 Å². The molecular weight excluding hydrogens is 452 g/mol. The Labute approximate surface area is 210 Å². The van der Waals surface area contributed by atoms with E-state index in [4.69, 9.17) is 9.72 Å². The van der Waals surface area contributed by atoms with E-state index >= 15 is 0 Å². The number of fused-ring (bicyclic) bond motifs is 1. The van der Waals surface area contributed by atoms with Crippen molar-refractivity contribution in [3.63, 3.8) is 0 Å². The van der Waals surface area contributed by atoms with Gasteiger partial charge in [-0.25, -0.2) is 4.98 Å². The highest BCUT2D eigenvalue weighted by Gasteiger charge is 2.24. The van der Waals surface area contributed by atoms with E-state index in [1.807, 2.05) is 88.7 Å². The first kappa shape index (κ1) is 23.6. The van der Waals surface area contributed by atoms with E-state index in [1.165, 1.54) is 0 Å². The molecule has 5 rings (SSSR count). The number of anilines is 1. The molecule has 4 aromatic rings. The van der Waals surface area contributed by atoms with Crippen molar-refractivity contribution in [1.82, 2.24) is 14.5 Å². The predicted octanol–water partition coefficient (Wildman–Crippen LogP) is 3.73. The Morgan fingerprint density at radius 2 is 1.56 bits per heavy atom. The third-order valence-corrected chi connectivity index (χ3v) is 6.74. The Bertz CT molecular complexity index is 1390. The zero-order valence-electron chi connectivity index (χ0n) is 20.5. The number of hydrogen-bond acceptors (Lipinski definition) is 5. The number of ether oxygens (including phenoxy) is 1. The van der Waals surface area contributed by atoms with Crippen LogP contribution in [0.2, 0.25) is 0 Å². The minimum absolute atomic E-state index is 0.100. The summed E-state index contributed by atoms with van der Waals surface area (Å²) < 4.78 is 7.00. The van der Waals surface area contributed by atoms with Gasteiger partial charge in [-0.15, -0.1) is 0 Å². The SMILES string of the molecule is COc1ccc(CCC(=O)N2CCN(c3nc4ccccc4n(Cc4ccccc4)c3=O)CC2)cc1. The molecule has 1 aromatic heterocycles. The first-order valence-electron chi connectivity index (χ1n) is 12.3. The second kappa shape index (κ2) is 10.6. The second-order valence-corrected chi connectivity index (χ2v) is 9.02. The van der Waals surface area contributed by atoms with Gasteiger partial charge in [0.1, 0.15) is 5.75 Å². The van der Waals surface area contributed by atoms with E-state index in [-0.39, 0.29) is 11.5 Å². The Hall–Kier alpha value is -4.13. The quantitative estimate of drug-likeness (QED) is 0.402. The molecule has 1 amide bonds. The number of aromatic nitrogens is 2. The highest BCUT2D eigenvalue weighted by atomic mass is 16.5. The lowest BCUT2D eigenvalue weighted by Crippen LogP contribution is -2.50. The number of carbonyl (C=O) groups is 1. The number of hydrogen-bond donors (Lipinski definition) is 0. The molecule has 0 saturated carbocycles. The van der Waals surface area contributed by atoms with Gasteiger partial charge in [-0.05, 0) is 41.8 Å². The van der Waals surface area contributed by atoms with Crippen molar-refractivity contribution in [2.24, 2.45) is 0 Å². The van der Waals surface area contributed by atoms with Crippen LogP contribution in [0.25, 0.3) is 11.0 Å². The number of benzene rings is 3. The molecule has 1 fully saturated rings. The van der Waals surface area contributed by atoms with Crippen LogP contribution in [0.1, 0.15) is 17.5 Å². The minimum atomic E-state index is -0.100. The molecule has 1 aliphatic rings. The lowest BCUT2D eigenvalue weighted by Gasteiger charge is -2.35. The monoisotopic (exact) mass is 482 g/mol. The molecule has 0 unspecified atom stereocenters. The largest absolute Gasteiger partial charge is 0.497 e. The summed E-state index contributed by atoms with van der Waals surface area (Å²) in [5.41, 5.74) is 3.69. The van der Waals surface area contributed by atoms with E-state index in [9.17, 15) is 9.59 Å². The first-order valence-corrected chi connectivity index (χ1v) is 12.3. The van der Waals surface area contributed by atoms with Crippen LogP contribution >= 0.6 is 0 Å². The molecule has 0 bridgehead atoms. The zero-order chi connectivity index (χ0) is 24.9. The summed E-state index contributed by atoms with van der Waals surface area (Å²) in [6.07, 6.45) is 1.16. The standard InChI is InChI=1S/C29H30N4O3/c1-36-24-14-11-22(12-15-24)13-16-27(34)31-17-19-32(20-18-31)28-29(35)33(21-23-7-3-2-4-8-23)26-10-6-5-9-25(26)30-28/h2-12,14-15H,13,16-21H2,1H3. The topological polar surface area (TPSA) is 67.7 Å². The van der Waals surface area contributed by atoms with Gasteiger partial charge in [-0.2, -0.15) is 0 Å². The summed E-state index contributed by atoms with van der Waals surface area (Å²) in [6.45, 7) is 2.81. The molecular formula is C29H30N4O3. The van der Waals surface area contributed by atoms with Gasteiger partial charge in [0, 0.05) is 32.6 Å². The van der Waals surface area contributed by atoms with Gasteiger partial charge in [-0.3, -0.25) is 14.2 Å². The van der Waals surface area contributed by atoms with Gasteiger partial charge < -0.3 is 14.5 Å². The first-order chi connectivity index (χ1) is 17.6. The average Bonchev–Trinajstić information content (AvgIpc) is 2.94. The number of rotatable bonds is 7. The number of amides is 1. The van der Waals surface area contributed by atoms with Crippen molar-refractivity contribution in [3.05, 3.63) is 100 Å². The van der Waals surface area contributed by atoms with Crippen molar-refractivity contribution in [1.29, 1.82) is 0 Å². The molecule has 3 aromatic carbocycles. The zero-order valence-corrected chi connectivity index (χ0v) is 20.5. The maximum Gasteiger partial charge on any atom is 0.294 e. The Morgan fingerprint density at radius 1 is 0.861 bits per heavy atom. The number of nitrogens with zero attached hydrogens (tertiary/aromatic N) is 4. The summed E-state index contributed by atoms with van der Waals surface area (Å²) in [5, 5.41) is 0. The van der Waals surface area contributed by atoms with Gasteiger partial charge in [-0.1, -0.05) is 54.6 Å². The smallest absolute Gasteiger partial charge is 0.294 e. The Kier molecular flexibility index (Phi) is 6.98. The van der Waals surface area contributed by atoms with Gasteiger partial charge in [0.15, 0.2) is 5.82 Å². The Balaban J connectivity index is 1.28. The molecule has 0 spiro atoms. The van der Waals surface area contributed by atoms with Crippen molar-refractivity contribution in [2.45, 2.75) is 19.4 Å². The molecule has 2 heterocycles. The van der Waals surface area contributed by atoms with E-state index in [2.05, 4.69) is 0 Å². The Morgan fingerprint density at radius 3 is 2.28 bits per heavy atom. The summed E-state index contributed by atoms with van der Waals surface area (Å²) in [6, 6.07) is 25.6. The highest BCUT2D eigenvalue weighted by Crippen LogP contribution is 2.18. The average molecular weight is 483 g/mol. The van der Waals surface area contributed by atoms with Crippen molar-refractivity contribution < 1.29 is 9.53 Å². The summed E-state index contributed by atoms with van der Waals surface area (Å²) in [7, 11) is 1.64. The number of aryl methyl sites for hydroxylation is 1. The van der Waals surface area contributed by atoms with E-state index in [1.54, 1.807) is 11.7 Å². The van der Waals surface area contributed by atoms with Gasteiger partial charge in [0.2, 0.25) is 5.91 Å². The van der Waals surface area contributed by atoms with Crippen LogP contribution in [0.3, 0.4) is 0 Å². The van der Waals surface area contributed by atoms with Crippen LogP contribution in [-0.2, 0) is 17.8 Å². The highest BCUT2D eigenvalue weighted by molar-refractivity contribution is 5.78. The third-order valence-electron chi connectivity index (χ3n) is 6.74. The number of carbonyl (C=O) groups excluding carboxylic acids is 1. The lowest BCUT2D eigenvalue weighted by atomic mass is 10.1. The maximum atomic E-state index is 13.6. The van der Waals surface area contributed by atoms with Crippen LogP contribution in [0.5, 0.6) is 5.75 Å². The summed E-state index contributed by atoms with van der Waals surface area (Å²) >= 11 is 0. The molecule has 184 valence electrons. The van der Waals surface area contributed by atoms with E-state index in [0.29, 0.717) is 51.4 Å². The van der Waals surface area contributed by atoms with E-state index in [0.717, 1.165) is 27.9 Å². The van der Waals surface area contributed by atoms with Crippen LogP contribution in [0.4, 0.5) is 5.82 Å². The fraction of sp³-hybridized carbons (Fsp3) is 0.276. The van der Waals surface area contributed by atoms with Crippen LogP contribution in [0, 0.1) is 0 Å². The predicted molar refractivity (Wildman–Crippen MR) is 142 cm³/mol. The minimum Gasteiger partial charge on any atom is -0.497 e. The molecule has 36 heavy (non-hydrogen) atoms. The van der Waals surface area contributed by atoms with Gasteiger partial charge >= 0.3 is 0 Å². The molecule has 0 aliphatic carbocycles. The number of para-hydroxylation sites is 2. The fourth-order valence-electron chi connectivity index (χ4n) is 4.68. The molecule has 1 saturated heterocycles. The second-order valence-electron chi connectivity index (χ2n) is 9.02.